The largest absolute Gasteiger partial charge is 0.462 e. The topological polar surface area (TPSA) is 78.9 Å². The van der Waals surface area contributed by atoms with Gasteiger partial charge >= 0.3 is 17.9 Å². The second-order valence-electron chi connectivity index (χ2n) is 22.4. The van der Waals surface area contributed by atoms with Crippen LogP contribution in [0.4, 0.5) is 0 Å². The van der Waals surface area contributed by atoms with E-state index in [4.69, 9.17) is 14.2 Å². The van der Waals surface area contributed by atoms with E-state index >= 15 is 0 Å². The van der Waals surface area contributed by atoms with Crippen LogP contribution in [0.1, 0.15) is 348 Å². The second-order valence-corrected chi connectivity index (χ2v) is 22.4. The molecule has 0 rings (SSSR count). The molecule has 442 valence electrons. The molecule has 1 unspecified atom stereocenters. The number of unbranched alkanes of at least 4 members (excludes halogenated alkanes) is 40. The number of hydrogen-bond donors (Lipinski definition) is 0. The monoisotopic (exact) mass is 1060 g/mol. The number of carbonyl (C=O) groups is 3. The third-order valence-corrected chi connectivity index (χ3v) is 14.7. The van der Waals surface area contributed by atoms with Crippen molar-refractivity contribution in [3.8, 4) is 0 Å². The number of esters is 3. The summed E-state index contributed by atoms with van der Waals surface area (Å²) in [5.41, 5.74) is 0. The third-order valence-electron chi connectivity index (χ3n) is 14.7. The zero-order valence-corrected chi connectivity index (χ0v) is 50.8. The maximum Gasteiger partial charge on any atom is 0.306 e. The smallest absolute Gasteiger partial charge is 0.306 e. The van der Waals surface area contributed by atoms with Crippen LogP contribution in [0, 0.1) is 0 Å². The van der Waals surface area contributed by atoms with Gasteiger partial charge in [-0.25, -0.2) is 0 Å². The molecule has 6 heteroatoms. The van der Waals surface area contributed by atoms with Gasteiger partial charge in [-0.3, -0.25) is 14.4 Å². The molecule has 0 radical (unpaired) electrons. The van der Waals surface area contributed by atoms with Crippen molar-refractivity contribution in [3.63, 3.8) is 0 Å². The van der Waals surface area contributed by atoms with Gasteiger partial charge in [0.15, 0.2) is 6.10 Å². The van der Waals surface area contributed by atoms with Gasteiger partial charge in [-0.15, -0.1) is 0 Å². The van der Waals surface area contributed by atoms with Crippen LogP contribution in [-0.2, 0) is 28.6 Å². The van der Waals surface area contributed by atoms with Crippen molar-refractivity contribution in [3.05, 3.63) is 60.8 Å². The Morgan fingerprint density at radius 3 is 0.763 bits per heavy atom. The van der Waals surface area contributed by atoms with E-state index in [2.05, 4.69) is 81.5 Å². The second kappa shape index (κ2) is 64.6. The quantitative estimate of drug-likeness (QED) is 0.0261. The van der Waals surface area contributed by atoms with E-state index in [1.54, 1.807) is 0 Å². The summed E-state index contributed by atoms with van der Waals surface area (Å²) in [6, 6.07) is 0. The highest BCUT2D eigenvalue weighted by Crippen LogP contribution is 2.17. The molecule has 0 aliphatic carbocycles. The Morgan fingerprint density at radius 1 is 0.263 bits per heavy atom. The first-order valence-electron chi connectivity index (χ1n) is 33.3. The molecule has 0 aromatic rings. The Kier molecular flexibility index (Phi) is 62.2. The average molecular weight is 1060 g/mol. The van der Waals surface area contributed by atoms with E-state index in [9.17, 15) is 14.4 Å². The highest BCUT2D eigenvalue weighted by atomic mass is 16.6. The molecule has 0 aliphatic rings. The van der Waals surface area contributed by atoms with Crippen LogP contribution < -0.4 is 0 Å². The molecule has 0 aliphatic heterocycles. The Morgan fingerprint density at radius 2 is 0.474 bits per heavy atom. The van der Waals surface area contributed by atoms with Crippen molar-refractivity contribution in [2.75, 3.05) is 13.2 Å². The highest BCUT2D eigenvalue weighted by molar-refractivity contribution is 5.71. The SMILES string of the molecule is CCCCC/C=C\C/C=C\CCCCCCCC(=O)OCC(COC(=O)CCCCCCCCCCCCCCC/C=C\C/C=C\CCCCCCC)OC(=O)CCCCCCCCC/C=C\CCCCCCCCC. The zero-order valence-electron chi connectivity index (χ0n) is 50.8. The fourth-order valence-corrected chi connectivity index (χ4v) is 9.68. The third kappa shape index (κ3) is 62.0. The first-order valence-corrected chi connectivity index (χ1v) is 33.3. The summed E-state index contributed by atoms with van der Waals surface area (Å²) < 4.78 is 16.9. The lowest BCUT2D eigenvalue weighted by molar-refractivity contribution is -0.167. The van der Waals surface area contributed by atoms with Crippen molar-refractivity contribution in [1.29, 1.82) is 0 Å². The minimum Gasteiger partial charge on any atom is -0.462 e. The molecule has 76 heavy (non-hydrogen) atoms. The van der Waals surface area contributed by atoms with Crippen LogP contribution in [0.2, 0.25) is 0 Å². The van der Waals surface area contributed by atoms with Crippen molar-refractivity contribution in [1.82, 2.24) is 0 Å². The molecule has 0 aromatic carbocycles. The van der Waals surface area contributed by atoms with Gasteiger partial charge in [0.2, 0.25) is 0 Å². The number of allylic oxidation sites excluding steroid dienone is 10. The lowest BCUT2D eigenvalue weighted by Crippen LogP contribution is -2.30. The molecule has 0 saturated carbocycles. The van der Waals surface area contributed by atoms with Gasteiger partial charge < -0.3 is 14.2 Å². The van der Waals surface area contributed by atoms with Gasteiger partial charge in [0.05, 0.1) is 0 Å². The molecule has 0 amide bonds. The molecule has 0 saturated heterocycles. The van der Waals surface area contributed by atoms with Crippen LogP contribution >= 0.6 is 0 Å². The number of carbonyl (C=O) groups excluding carboxylic acids is 3. The molecule has 1 atom stereocenters. The van der Waals surface area contributed by atoms with E-state index in [0.29, 0.717) is 19.3 Å². The Bertz CT molecular complexity index is 1360. The van der Waals surface area contributed by atoms with Gasteiger partial charge in [-0.05, 0) is 109 Å². The molecule has 0 spiro atoms. The van der Waals surface area contributed by atoms with Crippen molar-refractivity contribution < 1.29 is 28.6 Å². The summed E-state index contributed by atoms with van der Waals surface area (Å²) in [5.74, 6) is -0.880. The van der Waals surface area contributed by atoms with E-state index in [1.165, 1.54) is 225 Å². The Balaban J connectivity index is 4.31. The lowest BCUT2D eigenvalue weighted by Gasteiger charge is -2.18. The first kappa shape index (κ1) is 73.1. The lowest BCUT2D eigenvalue weighted by atomic mass is 10.0. The summed E-state index contributed by atoms with van der Waals surface area (Å²) in [5, 5.41) is 0. The fraction of sp³-hybridized carbons (Fsp3) is 0.814. The van der Waals surface area contributed by atoms with E-state index in [0.717, 1.165) is 83.5 Å². The summed E-state index contributed by atoms with van der Waals surface area (Å²) in [4.78, 5) is 38.4. The molecule has 0 heterocycles. The van der Waals surface area contributed by atoms with Gasteiger partial charge in [-0.1, -0.05) is 281 Å². The molecular weight excluding hydrogens is 937 g/mol. The first-order chi connectivity index (χ1) is 37.5. The zero-order chi connectivity index (χ0) is 55.0. The number of rotatable bonds is 61. The van der Waals surface area contributed by atoms with Crippen LogP contribution in [0.5, 0.6) is 0 Å². The fourth-order valence-electron chi connectivity index (χ4n) is 9.68. The molecular formula is C70H126O6. The van der Waals surface area contributed by atoms with Gasteiger partial charge in [0, 0.05) is 19.3 Å². The van der Waals surface area contributed by atoms with Gasteiger partial charge in [0.25, 0.3) is 0 Å². The standard InChI is InChI=1S/C70H126O6/c1-4-7-10-13-16-19-22-25-28-30-32-33-34-35-36-37-38-40-42-45-48-51-54-57-60-63-69(72)75-66-67(65-74-68(71)62-59-56-53-50-47-44-41-27-24-21-18-15-12-9-6-3)76-70(73)64-61-58-55-52-49-46-43-39-31-29-26-23-20-17-14-11-8-5-2/h18,21-22,25,27,29-32,41,67H,4-17,19-20,23-24,26,28,33-40,42-66H2,1-3H3/b21-18-,25-22-,31-29-,32-30-,41-27-. The number of hydrogen-bond acceptors (Lipinski definition) is 6. The summed E-state index contributed by atoms with van der Waals surface area (Å²) in [7, 11) is 0. The summed E-state index contributed by atoms with van der Waals surface area (Å²) in [6.45, 7) is 6.63. The summed E-state index contributed by atoms with van der Waals surface area (Å²) in [6.07, 6.45) is 82.3. The van der Waals surface area contributed by atoms with E-state index in [-0.39, 0.29) is 31.1 Å². The minimum atomic E-state index is -0.783. The van der Waals surface area contributed by atoms with E-state index < -0.39 is 6.10 Å². The van der Waals surface area contributed by atoms with Crippen molar-refractivity contribution in [2.45, 2.75) is 354 Å². The predicted octanol–water partition coefficient (Wildman–Crippen LogP) is 22.7. The van der Waals surface area contributed by atoms with Crippen LogP contribution in [0.15, 0.2) is 60.8 Å². The maximum atomic E-state index is 12.9. The van der Waals surface area contributed by atoms with Crippen molar-refractivity contribution in [2.24, 2.45) is 0 Å². The summed E-state index contributed by atoms with van der Waals surface area (Å²) >= 11 is 0. The van der Waals surface area contributed by atoms with Gasteiger partial charge in [-0.2, -0.15) is 0 Å². The predicted molar refractivity (Wildman–Crippen MR) is 330 cm³/mol. The van der Waals surface area contributed by atoms with E-state index in [1.807, 2.05) is 0 Å². The normalized spacial score (nSPS) is 12.4. The Hall–Kier alpha value is -2.89. The van der Waals surface area contributed by atoms with Gasteiger partial charge in [0.1, 0.15) is 13.2 Å². The maximum absolute atomic E-state index is 12.9. The Labute approximate surface area is 472 Å². The highest BCUT2D eigenvalue weighted by Gasteiger charge is 2.19. The van der Waals surface area contributed by atoms with Crippen LogP contribution in [0.25, 0.3) is 0 Å². The number of ether oxygens (including phenoxy) is 3. The van der Waals surface area contributed by atoms with Crippen molar-refractivity contribution >= 4 is 17.9 Å². The van der Waals surface area contributed by atoms with Crippen LogP contribution in [0.3, 0.4) is 0 Å². The molecule has 0 fully saturated rings. The molecule has 0 bridgehead atoms. The molecule has 0 aromatic heterocycles. The average Bonchev–Trinajstić information content (AvgIpc) is 3.42. The molecule has 6 nitrogen and oxygen atoms in total. The molecule has 0 N–H and O–H groups in total. The minimum absolute atomic E-state index is 0.0787. The van der Waals surface area contributed by atoms with Crippen LogP contribution in [-0.4, -0.2) is 37.2 Å².